The highest BCUT2D eigenvalue weighted by atomic mass is 32.2. The Labute approximate surface area is 107 Å². The monoisotopic (exact) mass is 256 g/mol. The Hall–Kier alpha value is -0.540. The molecule has 0 aliphatic rings. The molecular weight excluding hydrogens is 235 g/mol. The Morgan fingerprint density at radius 2 is 1.82 bits per heavy atom. The summed E-state index contributed by atoms with van der Waals surface area (Å²) >= 11 is 1.58. The van der Waals surface area contributed by atoms with Crippen molar-refractivity contribution in [2.45, 2.75) is 44.1 Å². The maximum atomic E-state index is 12.7. The molecule has 17 heavy (non-hydrogen) atoms. The number of hydrogen-bond donors (Lipinski definition) is 1. The van der Waals surface area contributed by atoms with Gasteiger partial charge in [-0.05, 0) is 36.6 Å². The molecule has 1 atom stereocenters. The minimum atomic E-state index is -0.260. The Kier molecular flexibility index (Phi) is 6.60. The standard InChI is InChI=1S/C14H21FOS/c1-11(2)4-3-5-13(16)10-17-14-8-6-12(15)7-9-14/h6-9,11,13,16H,3-5,10H2,1-2H3. The van der Waals surface area contributed by atoms with Crippen LogP contribution in [-0.4, -0.2) is 17.0 Å². The van der Waals surface area contributed by atoms with E-state index >= 15 is 0 Å². The summed E-state index contributed by atoms with van der Waals surface area (Å²) < 4.78 is 12.7. The van der Waals surface area contributed by atoms with Crippen LogP contribution in [-0.2, 0) is 0 Å². The van der Waals surface area contributed by atoms with Crippen LogP contribution in [0.4, 0.5) is 4.39 Å². The first-order chi connectivity index (χ1) is 8.08. The minimum Gasteiger partial charge on any atom is -0.392 e. The summed E-state index contributed by atoms with van der Waals surface area (Å²) in [6.07, 6.45) is 2.83. The lowest BCUT2D eigenvalue weighted by atomic mass is 10.1. The fourth-order valence-electron chi connectivity index (χ4n) is 1.57. The zero-order valence-corrected chi connectivity index (χ0v) is 11.3. The van der Waals surface area contributed by atoms with Crippen molar-refractivity contribution in [3.63, 3.8) is 0 Å². The van der Waals surface area contributed by atoms with Crippen molar-refractivity contribution < 1.29 is 9.50 Å². The molecule has 1 rings (SSSR count). The van der Waals surface area contributed by atoms with Crippen molar-refractivity contribution in [3.05, 3.63) is 30.1 Å². The van der Waals surface area contributed by atoms with E-state index in [9.17, 15) is 9.50 Å². The quantitative estimate of drug-likeness (QED) is 0.741. The van der Waals surface area contributed by atoms with Crippen LogP contribution in [0.3, 0.4) is 0 Å². The van der Waals surface area contributed by atoms with Gasteiger partial charge < -0.3 is 5.11 Å². The molecule has 0 amide bonds. The van der Waals surface area contributed by atoms with Crippen LogP contribution in [0.15, 0.2) is 29.2 Å². The maximum Gasteiger partial charge on any atom is 0.123 e. The molecule has 0 saturated heterocycles. The number of thioether (sulfide) groups is 1. The molecule has 0 fully saturated rings. The van der Waals surface area contributed by atoms with E-state index in [2.05, 4.69) is 13.8 Å². The van der Waals surface area contributed by atoms with Crippen molar-refractivity contribution in [1.82, 2.24) is 0 Å². The average molecular weight is 256 g/mol. The van der Waals surface area contributed by atoms with Gasteiger partial charge in [0.05, 0.1) is 6.10 Å². The van der Waals surface area contributed by atoms with Gasteiger partial charge in [0.25, 0.3) is 0 Å². The van der Waals surface area contributed by atoms with E-state index in [-0.39, 0.29) is 11.9 Å². The van der Waals surface area contributed by atoms with Crippen LogP contribution in [0.5, 0.6) is 0 Å². The van der Waals surface area contributed by atoms with Crippen molar-refractivity contribution in [2.24, 2.45) is 5.92 Å². The zero-order chi connectivity index (χ0) is 12.7. The molecule has 0 aromatic heterocycles. The second-order valence-corrected chi connectivity index (χ2v) is 5.84. The first kappa shape index (κ1) is 14.5. The molecule has 1 unspecified atom stereocenters. The Morgan fingerprint density at radius 3 is 2.41 bits per heavy atom. The molecule has 1 nitrogen and oxygen atoms in total. The van der Waals surface area contributed by atoms with Crippen LogP contribution in [0.25, 0.3) is 0 Å². The fourth-order valence-corrected chi connectivity index (χ4v) is 2.45. The van der Waals surface area contributed by atoms with E-state index in [0.717, 1.165) is 24.2 Å². The van der Waals surface area contributed by atoms with Gasteiger partial charge in [-0.3, -0.25) is 0 Å². The number of aliphatic hydroxyl groups is 1. The summed E-state index contributed by atoms with van der Waals surface area (Å²) in [5.74, 6) is 1.17. The summed E-state index contributed by atoms with van der Waals surface area (Å²) in [5.41, 5.74) is 0. The lowest BCUT2D eigenvalue weighted by Gasteiger charge is -2.11. The van der Waals surface area contributed by atoms with Gasteiger partial charge in [0.15, 0.2) is 0 Å². The summed E-state index contributed by atoms with van der Waals surface area (Å²) in [4.78, 5) is 1.01. The van der Waals surface area contributed by atoms with E-state index in [4.69, 9.17) is 0 Å². The van der Waals surface area contributed by atoms with Gasteiger partial charge in [-0.25, -0.2) is 4.39 Å². The fraction of sp³-hybridized carbons (Fsp3) is 0.571. The first-order valence-corrected chi connectivity index (χ1v) is 7.13. The van der Waals surface area contributed by atoms with Crippen molar-refractivity contribution >= 4 is 11.8 Å². The topological polar surface area (TPSA) is 20.2 Å². The largest absolute Gasteiger partial charge is 0.392 e. The van der Waals surface area contributed by atoms with Gasteiger partial charge >= 0.3 is 0 Å². The smallest absolute Gasteiger partial charge is 0.123 e. The maximum absolute atomic E-state index is 12.7. The number of aliphatic hydroxyl groups excluding tert-OH is 1. The van der Waals surface area contributed by atoms with Gasteiger partial charge in [0, 0.05) is 10.6 Å². The van der Waals surface area contributed by atoms with E-state index in [0.29, 0.717) is 11.7 Å². The predicted octanol–water partition coefficient (Wildman–Crippen LogP) is 4.11. The Bertz CT molecular complexity index is 311. The lowest BCUT2D eigenvalue weighted by Crippen LogP contribution is -2.09. The molecule has 0 aliphatic carbocycles. The van der Waals surface area contributed by atoms with Crippen LogP contribution in [0, 0.1) is 11.7 Å². The van der Waals surface area contributed by atoms with Gasteiger partial charge in [-0.15, -0.1) is 11.8 Å². The predicted molar refractivity (Wildman–Crippen MR) is 71.8 cm³/mol. The minimum absolute atomic E-state index is 0.216. The molecule has 0 aliphatic heterocycles. The van der Waals surface area contributed by atoms with Gasteiger partial charge in [0.2, 0.25) is 0 Å². The van der Waals surface area contributed by atoms with E-state index in [1.54, 1.807) is 23.9 Å². The van der Waals surface area contributed by atoms with Crippen LogP contribution in [0.1, 0.15) is 33.1 Å². The molecule has 96 valence electrons. The average Bonchev–Trinajstić information content (AvgIpc) is 2.28. The van der Waals surface area contributed by atoms with Gasteiger partial charge in [-0.2, -0.15) is 0 Å². The summed E-state index contributed by atoms with van der Waals surface area (Å²) in [5, 5.41) is 9.78. The van der Waals surface area contributed by atoms with E-state index < -0.39 is 0 Å². The zero-order valence-electron chi connectivity index (χ0n) is 10.5. The number of halogens is 1. The Balaban J connectivity index is 2.19. The SMILES string of the molecule is CC(C)CCCC(O)CSc1ccc(F)cc1. The molecule has 1 aromatic carbocycles. The third-order valence-electron chi connectivity index (χ3n) is 2.57. The molecule has 0 bridgehead atoms. The van der Waals surface area contributed by atoms with Crippen molar-refractivity contribution in [1.29, 1.82) is 0 Å². The van der Waals surface area contributed by atoms with E-state index in [1.165, 1.54) is 12.1 Å². The lowest BCUT2D eigenvalue weighted by molar-refractivity contribution is 0.183. The summed E-state index contributed by atoms with van der Waals surface area (Å²) in [6.45, 7) is 4.39. The molecule has 1 aromatic rings. The summed E-state index contributed by atoms with van der Waals surface area (Å²) in [6, 6.07) is 6.41. The van der Waals surface area contributed by atoms with Crippen LogP contribution in [0.2, 0.25) is 0 Å². The summed E-state index contributed by atoms with van der Waals surface area (Å²) in [7, 11) is 0. The highest BCUT2D eigenvalue weighted by molar-refractivity contribution is 7.99. The van der Waals surface area contributed by atoms with Gasteiger partial charge in [0.1, 0.15) is 5.82 Å². The van der Waals surface area contributed by atoms with E-state index in [1.807, 2.05) is 0 Å². The number of rotatable bonds is 7. The number of hydrogen-bond acceptors (Lipinski definition) is 2. The normalized spacial score (nSPS) is 13.0. The number of benzene rings is 1. The molecule has 0 saturated carbocycles. The van der Waals surface area contributed by atoms with Crippen molar-refractivity contribution in [2.75, 3.05) is 5.75 Å². The second-order valence-electron chi connectivity index (χ2n) is 4.74. The van der Waals surface area contributed by atoms with Gasteiger partial charge in [-0.1, -0.05) is 26.7 Å². The van der Waals surface area contributed by atoms with Crippen LogP contribution < -0.4 is 0 Å². The molecule has 0 spiro atoms. The molecular formula is C14H21FOS. The highest BCUT2D eigenvalue weighted by Crippen LogP contribution is 2.20. The molecule has 0 radical (unpaired) electrons. The second kappa shape index (κ2) is 7.72. The highest BCUT2D eigenvalue weighted by Gasteiger charge is 2.06. The molecule has 1 N–H and O–H groups in total. The third-order valence-corrected chi connectivity index (χ3v) is 3.73. The third kappa shape index (κ3) is 6.69. The van der Waals surface area contributed by atoms with Crippen LogP contribution >= 0.6 is 11.8 Å². The first-order valence-electron chi connectivity index (χ1n) is 6.14. The van der Waals surface area contributed by atoms with Crippen molar-refractivity contribution in [3.8, 4) is 0 Å². The molecule has 3 heteroatoms. The Morgan fingerprint density at radius 1 is 1.18 bits per heavy atom. The molecule has 0 heterocycles.